The molecule has 1 aliphatic carbocycles. The molecule has 0 bridgehead atoms. The highest BCUT2D eigenvalue weighted by atomic mass is 32.2. The highest BCUT2D eigenvalue weighted by Crippen LogP contribution is 2.29. The van der Waals surface area contributed by atoms with Gasteiger partial charge in [-0.05, 0) is 42.9 Å². The fourth-order valence-corrected chi connectivity index (χ4v) is 8.00. The maximum Gasteiger partial charge on any atom is 0.317 e. The minimum absolute atomic E-state index is 0.0212. The number of aromatic hydroxyl groups is 1. The lowest BCUT2D eigenvalue weighted by Crippen LogP contribution is -2.66. The van der Waals surface area contributed by atoms with Crippen LogP contribution < -0.4 is 49.1 Å². The van der Waals surface area contributed by atoms with E-state index in [1.807, 2.05) is 0 Å². The van der Waals surface area contributed by atoms with Crippen molar-refractivity contribution in [2.24, 2.45) is 23.3 Å². The second kappa shape index (κ2) is 21.8. The second-order valence-corrected chi connectivity index (χ2v) is 17.0. The van der Waals surface area contributed by atoms with Gasteiger partial charge in [0.15, 0.2) is 5.92 Å². The number of hydrogen-bond acceptors (Lipinski definition) is 13. The molecule has 0 radical (unpaired) electrons. The van der Waals surface area contributed by atoms with E-state index >= 15 is 0 Å². The van der Waals surface area contributed by atoms with E-state index in [9.17, 15) is 67.5 Å². The SMILES string of the molecule is CC(C)C[C@@H]1NC(=O)[C@H](CC(C(=O)O)C(=O)O)NC(=O)CS(=O)C[C@@H](C(N)=O)NC(=O)[C@H](CC(N)=O)NC(=O)C2(CCCCC2)NC(=O)[C@H](Cc2ccc(O)c(N)c2)NC1=O. The lowest BCUT2D eigenvalue weighted by atomic mass is 9.80. The summed E-state index contributed by atoms with van der Waals surface area (Å²) < 4.78 is 13.2. The molecule has 24 heteroatoms. The summed E-state index contributed by atoms with van der Waals surface area (Å²) in [6.45, 7) is 3.36. The number of carbonyl (C=O) groups excluding carboxylic acids is 8. The van der Waals surface area contributed by atoms with E-state index in [2.05, 4.69) is 31.9 Å². The number of phenols is 1. The number of rotatable bonds is 11. The van der Waals surface area contributed by atoms with Crippen LogP contribution in [0.1, 0.15) is 70.8 Å². The Labute approximate surface area is 351 Å². The molecule has 1 aromatic carbocycles. The van der Waals surface area contributed by atoms with Gasteiger partial charge in [-0.15, -0.1) is 0 Å². The van der Waals surface area contributed by atoms with Crippen molar-refractivity contribution < 1.29 is 67.5 Å². The lowest BCUT2D eigenvalue weighted by molar-refractivity contribution is -0.155. The predicted octanol–water partition coefficient (Wildman–Crippen LogP) is -3.90. The van der Waals surface area contributed by atoms with Crippen molar-refractivity contribution >= 4 is 75.7 Å². The number of benzene rings is 1. The third-order valence-electron chi connectivity index (χ3n) is 10.1. The first-order valence-electron chi connectivity index (χ1n) is 19.3. The Bertz CT molecular complexity index is 1910. The van der Waals surface area contributed by atoms with Gasteiger partial charge in [0.25, 0.3) is 0 Å². The van der Waals surface area contributed by atoms with E-state index in [1.165, 1.54) is 18.2 Å². The summed E-state index contributed by atoms with van der Waals surface area (Å²) in [5.41, 5.74) is 15.2. The van der Waals surface area contributed by atoms with Gasteiger partial charge in [-0.2, -0.15) is 0 Å². The number of carboxylic acids is 2. The summed E-state index contributed by atoms with van der Waals surface area (Å²) in [6, 6.07) is -4.59. The third-order valence-corrected chi connectivity index (χ3v) is 11.3. The molecular weight excluding hydrogens is 827 g/mol. The first-order chi connectivity index (χ1) is 28.5. The summed E-state index contributed by atoms with van der Waals surface area (Å²) in [5.74, 6) is -17.2. The number of anilines is 1. The van der Waals surface area contributed by atoms with E-state index in [1.54, 1.807) is 13.8 Å². The number of carboxylic acid groups (broad SMARTS) is 2. The quantitative estimate of drug-likeness (QED) is 0.0574. The van der Waals surface area contributed by atoms with Crippen molar-refractivity contribution in [3.05, 3.63) is 23.8 Å². The molecule has 1 aromatic rings. The lowest BCUT2D eigenvalue weighted by Gasteiger charge is -2.38. The van der Waals surface area contributed by atoms with E-state index < -0.39 is 136 Å². The number of nitrogen functional groups attached to an aromatic ring is 1. The zero-order valence-corrected chi connectivity index (χ0v) is 34.3. The van der Waals surface area contributed by atoms with Gasteiger partial charge in [0.05, 0.1) is 17.9 Å². The number of nitrogens with one attached hydrogen (secondary N) is 6. The van der Waals surface area contributed by atoms with Crippen LogP contribution in [-0.4, -0.2) is 126 Å². The third kappa shape index (κ3) is 14.4. The van der Waals surface area contributed by atoms with Gasteiger partial charge in [-0.25, -0.2) is 0 Å². The Balaban J connectivity index is 2.21. The molecule has 61 heavy (non-hydrogen) atoms. The van der Waals surface area contributed by atoms with Crippen LogP contribution in [-0.2, 0) is 65.2 Å². The van der Waals surface area contributed by atoms with Crippen molar-refractivity contribution in [1.82, 2.24) is 31.9 Å². The standard InChI is InChI=1S/C37H53N9O14S/c1-17(2)10-21-30(51)43-22(12-18-6-7-26(47)20(38)11-18)33(54)46-37(8-4-3-5-9-37)36(59)45-24(14-27(39)48)32(53)44-25(29(40)50)15-61(60)16-28(49)41-23(31(52)42-21)13-19(34(55)56)35(57)58/h6-7,11,17,19,21-25,47H,3-5,8-10,12-16,38H2,1-2H3,(H2,39,48)(H2,40,50)(H,41,49)(H,42,52)(H,43,51)(H,44,53)(H,45,59)(H,46,54)(H,55,56)(H,57,58)/t21-,22-,23-,24-,25-,61?/m0/s1. The van der Waals surface area contributed by atoms with E-state index in [0.29, 0.717) is 24.8 Å². The molecule has 336 valence electrons. The van der Waals surface area contributed by atoms with Crippen LogP contribution in [0.5, 0.6) is 5.75 Å². The molecule has 1 aliphatic heterocycles. The largest absolute Gasteiger partial charge is 0.506 e. The minimum atomic E-state index is -2.38. The average molecular weight is 880 g/mol. The Morgan fingerprint density at radius 3 is 1.90 bits per heavy atom. The fraction of sp³-hybridized carbons (Fsp3) is 0.568. The molecule has 15 N–H and O–H groups in total. The van der Waals surface area contributed by atoms with E-state index in [-0.39, 0.29) is 43.0 Å². The molecule has 1 unspecified atom stereocenters. The summed E-state index contributed by atoms with van der Waals surface area (Å²) in [6.07, 6.45) is -0.790. The average Bonchev–Trinajstić information content (AvgIpc) is 3.15. The van der Waals surface area contributed by atoms with Gasteiger partial charge >= 0.3 is 11.9 Å². The highest BCUT2D eigenvalue weighted by Gasteiger charge is 2.44. The first kappa shape index (κ1) is 49.0. The number of nitrogens with two attached hydrogens (primary N) is 3. The molecule has 2 fully saturated rings. The Kier molecular flexibility index (Phi) is 17.5. The van der Waals surface area contributed by atoms with Crippen LogP contribution in [0, 0.1) is 11.8 Å². The van der Waals surface area contributed by atoms with Crippen molar-refractivity contribution in [2.45, 2.75) is 107 Å². The molecular formula is C37H53N9O14S. The topological polar surface area (TPSA) is 399 Å². The maximum atomic E-state index is 14.4. The normalized spacial score (nSPS) is 24.9. The van der Waals surface area contributed by atoms with Crippen LogP contribution in [0.15, 0.2) is 18.2 Å². The molecule has 1 saturated heterocycles. The van der Waals surface area contributed by atoms with E-state index in [0.717, 1.165) is 0 Å². The number of amides is 8. The zero-order chi connectivity index (χ0) is 45.8. The number of phenolic OH excluding ortho intramolecular Hbond substituents is 1. The van der Waals surface area contributed by atoms with Crippen molar-refractivity contribution in [1.29, 1.82) is 0 Å². The molecule has 2 aliphatic rings. The van der Waals surface area contributed by atoms with Crippen LogP contribution in [0.25, 0.3) is 0 Å². The van der Waals surface area contributed by atoms with Crippen molar-refractivity contribution in [3.8, 4) is 5.75 Å². The molecule has 0 aromatic heterocycles. The molecule has 23 nitrogen and oxygen atoms in total. The van der Waals surface area contributed by atoms with Gasteiger partial charge < -0.3 is 64.4 Å². The van der Waals surface area contributed by atoms with Crippen LogP contribution in [0.4, 0.5) is 5.69 Å². The second-order valence-electron chi connectivity index (χ2n) is 15.5. The first-order valence-corrected chi connectivity index (χ1v) is 20.8. The Morgan fingerprint density at radius 1 is 0.787 bits per heavy atom. The summed E-state index contributed by atoms with van der Waals surface area (Å²) in [7, 11) is -2.38. The smallest absolute Gasteiger partial charge is 0.317 e. The number of carbonyl (C=O) groups is 10. The molecule has 8 amide bonds. The van der Waals surface area contributed by atoms with Crippen molar-refractivity contribution in [2.75, 3.05) is 17.2 Å². The molecule has 1 spiro atoms. The fourth-order valence-electron chi connectivity index (χ4n) is 6.89. The van der Waals surface area contributed by atoms with Gasteiger partial charge in [-0.3, -0.25) is 52.2 Å². The summed E-state index contributed by atoms with van der Waals surface area (Å²) >= 11 is 0. The number of primary amides is 2. The van der Waals surface area contributed by atoms with Gasteiger partial charge in [0.2, 0.25) is 47.3 Å². The summed E-state index contributed by atoms with van der Waals surface area (Å²) in [5, 5.41) is 43.6. The van der Waals surface area contributed by atoms with Gasteiger partial charge in [-0.1, -0.05) is 39.2 Å². The summed E-state index contributed by atoms with van der Waals surface area (Å²) in [4.78, 5) is 132. The monoisotopic (exact) mass is 879 g/mol. The van der Waals surface area contributed by atoms with Gasteiger partial charge in [0.1, 0.15) is 47.3 Å². The van der Waals surface area contributed by atoms with E-state index in [4.69, 9.17) is 17.2 Å². The maximum absolute atomic E-state index is 14.4. The number of aliphatic carboxylic acids is 2. The predicted molar refractivity (Wildman–Crippen MR) is 214 cm³/mol. The number of hydrogen-bond donors (Lipinski definition) is 12. The molecule has 3 rings (SSSR count). The zero-order valence-electron chi connectivity index (χ0n) is 33.5. The highest BCUT2D eigenvalue weighted by molar-refractivity contribution is 7.85. The molecule has 1 heterocycles. The van der Waals surface area contributed by atoms with Crippen LogP contribution in [0.2, 0.25) is 0 Å². The minimum Gasteiger partial charge on any atom is -0.506 e. The van der Waals surface area contributed by atoms with Crippen molar-refractivity contribution in [3.63, 3.8) is 0 Å². The van der Waals surface area contributed by atoms with Crippen LogP contribution in [0.3, 0.4) is 0 Å². The Morgan fingerprint density at radius 2 is 1.36 bits per heavy atom. The Hall–Kier alpha value is -6.33. The van der Waals surface area contributed by atoms with Gasteiger partial charge in [0, 0.05) is 23.6 Å². The molecule has 1 saturated carbocycles. The molecule has 6 atom stereocenters. The van der Waals surface area contributed by atoms with Crippen LogP contribution >= 0.6 is 0 Å².